The van der Waals surface area contributed by atoms with Crippen molar-refractivity contribution < 1.29 is 4.79 Å². The summed E-state index contributed by atoms with van der Waals surface area (Å²) in [5.41, 5.74) is 4.65. The van der Waals surface area contributed by atoms with Crippen LogP contribution in [0, 0.1) is 6.92 Å². The molecule has 0 radical (unpaired) electrons. The number of anilines is 1. The zero-order valence-corrected chi connectivity index (χ0v) is 14.2. The van der Waals surface area contributed by atoms with Crippen LogP contribution in [0.1, 0.15) is 15.4 Å². The number of nitrogens with zero attached hydrogens (tertiary/aromatic N) is 5. The molecule has 0 unspecified atom stereocenters. The Morgan fingerprint density at radius 1 is 1.17 bits per heavy atom. The molecule has 4 rings (SSSR count). The fourth-order valence-electron chi connectivity index (χ4n) is 2.99. The molecule has 1 saturated heterocycles. The van der Waals surface area contributed by atoms with Crippen LogP contribution >= 0.6 is 11.3 Å². The SMILES string of the molecule is Cc1ncsc1C(=O)N1CCN(c2ccc3ncncc3c2)CC1. The van der Waals surface area contributed by atoms with Crippen LogP contribution in [-0.2, 0) is 0 Å². The van der Waals surface area contributed by atoms with Gasteiger partial charge in [-0.2, -0.15) is 0 Å². The van der Waals surface area contributed by atoms with Gasteiger partial charge in [-0.15, -0.1) is 11.3 Å². The topological polar surface area (TPSA) is 62.2 Å². The van der Waals surface area contributed by atoms with Crippen molar-refractivity contribution in [2.45, 2.75) is 6.92 Å². The third-order valence-corrected chi connectivity index (χ3v) is 5.28. The lowest BCUT2D eigenvalue weighted by atomic mass is 10.2. The number of amides is 1. The Labute approximate surface area is 143 Å². The molecule has 0 bridgehead atoms. The predicted octanol–water partition coefficient (Wildman–Crippen LogP) is 2.36. The summed E-state index contributed by atoms with van der Waals surface area (Å²) in [5.74, 6) is 0.0987. The van der Waals surface area contributed by atoms with Crippen LogP contribution in [0.5, 0.6) is 0 Å². The van der Waals surface area contributed by atoms with Gasteiger partial charge in [0.05, 0.1) is 16.7 Å². The first-order valence-corrected chi connectivity index (χ1v) is 8.74. The fraction of sp³-hybridized carbons (Fsp3) is 0.294. The highest BCUT2D eigenvalue weighted by molar-refractivity contribution is 7.11. The molecule has 1 amide bonds. The predicted molar refractivity (Wildman–Crippen MR) is 94.5 cm³/mol. The van der Waals surface area contributed by atoms with Crippen molar-refractivity contribution in [1.29, 1.82) is 0 Å². The average molecular weight is 339 g/mol. The highest BCUT2D eigenvalue weighted by atomic mass is 32.1. The number of carbonyl (C=O) groups is 1. The maximum absolute atomic E-state index is 12.6. The molecule has 1 fully saturated rings. The number of thiazole rings is 1. The number of benzene rings is 1. The van der Waals surface area contributed by atoms with Crippen LogP contribution < -0.4 is 4.90 Å². The Bertz CT molecular complexity index is 885. The molecule has 0 atom stereocenters. The average Bonchev–Trinajstić information content (AvgIpc) is 3.07. The normalized spacial score (nSPS) is 15.0. The largest absolute Gasteiger partial charge is 0.368 e. The second kappa shape index (κ2) is 6.16. The zero-order valence-electron chi connectivity index (χ0n) is 13.3. The lowest BCUT2D eigenvalue weighted by molar-refractivity contribution is 0.0750. The van der Waals surface area contributed by atoms with Crippen molar-refractivity contribution in [3.05, 3.63) is 46.8 Å². The Morgan fingerprint density at radius 3 is 2.75 bits per heavy atom. The van der Waals surface area contributed by atoms with Crippen LogP contribution in [0.25, 0.3) is 10.9 Å². The monoisotopic (exact) mass is 339 g/mol. The minimum atomic E-state index is 0.0987. The van der Waals surface area contributed by atoms with E-state index in [1.807, 2.05) is 24.1 Å². The van der Waals surface area contributed by atoms with Crippen molar-refractivity contribution >= 4 is 33.8 Å². The van der Waals surface area contributed by atoms with Gasteiger partial charge in [0.2, 0.25) is 0 Å². The molecule has 1 aliphatic heterocycles. The fourth-order valence-corrected chi connectivity index (χ4v) is 3.76. The van der Waals surface area contributed by atoms with Gasteiger partial charge in [0.1, 0.15) is 11.2 Å². The smallest absolute Gasteiger partial charge is 0.265 e. The number of piperazine rings is 1. The van der Waals surface area contributed by atoms with E-state index in [0.717, 1.165) is 53.3 Å². The van der Waals surface area contributed by atoms with Crippen LogP contribution in [0.4, 0.5) is 5.69 Å². The second-order valence-electron chi connectivity index (χ2n) is 5.81. The van der Waals surface area contributed by atoms with Gasteiger partial charge in [0.25, 0.3) is 5.91 Å². The molecule has 3 aromatic rings. The van der Waals surface area contributed by atoms with Crippen LogP contribution in [0.3, 0.4) is 0 Å². The summed E-state index contributed by atoms with van der Waals surface area (Å²) in [7, 11) is 0. The van der Waals surface area contributed by atoms with Gasteiger partial charge in [-0.1, -0.05) is 0 Å². The van der Waals surface area contributed by atoms with E-state index in [1.165, 1.54) is 11.3 Å². The first-order valence-electron chi connectivity index (χ1n) is 7.86. The van der Waals surface area contributed by atoms with Gasteiger partial charge in [-0.05, 0) is 25.1 Å². The molecule has 0 spiro atoms. The third kappa shape index (κ3) is 2.71. The van der Waals surface area contributed by atoms with Gasteiger partial charge in [-0.25, -0.2) is 15.0 Å². The van der Waals surface area contributed by atoms with Crippen LogP contribution in [0.15, 0.2) is 36.2 Å². The van der Waals surface area contributed by atoms with E-state index >= 15 is 0 Å². The lowest BCUT2D eigenvalue weighted by Gasteiger charge is -2.36. The van der Waals surface area contributed by atoms with Crippen molar-refractivity contribution in [3.63, 3.8) is 0 Å². The molecule has 24 heavy (non-hydrogen) atoms. The molecule has 6 nitrogen and oxygen atoms in total. The van der Waals surface area contributed by atoms with Gasteiger partial charge in [-0.3, -0.25) is 4.79 Å². The van der Waals surface area contributed by atoms with E-state index in [-0.39, 0.29) is 5.91 Å². The Morgan fingerprint density at radius 2 is 2.00 bits per heavy atom. The Kier molecular flexibility index (Phi) is 3.86. The molecule has 1 aromatic carbocycles. The minimum Gasteiger partial charge on any atom is -0.368 e. The molecular formula is C17H17N5OS. The van der Waals surface area contributed by atoms with Crippen molar-refractivity contribution in [1.82, 2.24) is 19.9 Å². The number of rotatable bonds is 2. The maximum Gasteiger partial charge on any atom is 0.265 e. The standard InChI is InChI=1S/C17H17N5OS/c1-12-16(24-11-20-12)17(23)22-6-4-21(5-7-22)14-2-3-15-13(8-14)9-18-10-19-15/h2-3,8-11H,4-7H2,1H3. The van der Waals surface area contributed by atoms with Crippen LogP contribution in [0.2, 0.25) is 0 Å². The molecule has 122 valence electrons. The number of aromatic nitrogens is 3. The Balaban J connectivity index is 1.47. The molecular weight excluding hydrogens is 322 g/mol. The minimum absolute atomic E-state index is 0.0987. The van der Waals surface area contributed by atoms with E-state index in [0.29, 0.717) is 0 Å². The van der Waals surface area contributed by atoms with Gasteiger partial charge >= 0.3 is 0 Å². The van der Waals surface area contributed by atoms with Crippen LogP contribution in [-0.4, -0.2) is 51.9 Å². The highest BCUT2D eigenvalue weighted by Gasteiger charge is 2.24. The molecule has 2 aromatic heterocycles. The third-order valence-electron chi connectivity index (χ3n) is 4.36. The Hall–Kier alpha value is -2.54. The molecule has 1 aliphatic rings. The van der Waals surface area contributed by atoms with Crippen molar-refractivity contribution in [2.24, 2.45) is 0 Å². The first kappa shape index (κ1) is 15.0. The number of hydrogen-bond acceptors (Lipinski definition) is 6. The number of fused-ring (bicyclic) bond motifs is 1. The quantitative estimate of drug-likeness (QED) is 0.717. The molecule has 0 aliphatic carbocycles. The summed E-state index contributed by atoms with van der Waals surface area (Å²) < 4.78 is 0. The lowest BCUT2D eigenvalue weighted by Crippen LogP contribution is -2.48. The summed E-state index contributed by atoms with van der Waals surface area (Å²) in [6.45, 7) is 4.97. The van der Waals surface area contributed by atoms with Crippen molar-refractivity contribution in [3.8, 4) is 0 Å². The zero-order chi connectivity index (χ0) is 16.5. The van der Waals surface area contributed by atoms with E-state index in [2.05, 4.69) is 32.0 Å². The van der Waals surface area contributed by atoms with E-state index in [1.54, 1.807) is 11.8 Å². The summed E-state index contributed by atoms with van der Waals surface area (Å²) in [5, 5.41) is 1.04. The molecule has 7 heteroatoms. The van der Waals surface area contributed by atoms with E-state index in [4.69, 9.17) is 0 Å². The molecule has 0 N–H and O–H groups in total. The summed E-state index contributed by atoms with van der Waals surface area (Å²) in [6.07, 6.45) is 3.39. The second-order valence-corrected chi connectivity index (χ2v) is 6.67. The number of aryl methyl sites for hydroxylation is 1. The number of carbonyl (C=O) groups excluding carboxylic acids is 1. The van der Waals surface area contributed by atoms with Gasteiger partial charge in [0.15, 0.2) is 0 Å². The van der Waals surface area contributed by atoms with Gasteiger partial charge in [0, 0.05) is 43.4 Å². The molecule has 3 heterocycles. The summed E-state index contributed by atoms with van der Waals surface area (Å²) in [4.78, 5) is 30.0. The highest BCUT2D eigenvalue weighted by Crippen LogP contribution is 2.22. The van der Waals surface area contributed by atoms with Gasteiger partial charge < -0.3 is 9.80 Å². The van der Waals surface area contributed by atoms with E-state index < -0.39 is 0 Å². The van der Waals surface area contributed by atoms with E-state index in [9.17, 15) is 4.79 Å². The summed E-state index contributed by atoms with van der Waals surface area (Å²) in [6, 6.07) is 6.21. The number of hydrogen-bond donors (Lipinski definition) is 0. The first-order chi connectivity index (χ1) is 11.7. The van der Waals surface area contributed by atoms with Crippen molar-refractivity contribution in [2.75, 3.05) is 31.1 Å². The molecule has 0 saturated carbocycles. The summed E-state index contributed by atoms with van der Waals surface area (Å²) >= 11 is 1.42. The maximum atomic E-state index is 12.6.